The molecule has 6 heteroatoms. The van der Waals surface area contributed by atoms with Gasteiger partial charge in [0.2, 0.25) is 0 Å². The van der Waals surface area contributed by atoms with Crippen LogP contribution in [0.2, 0.25) is 0 Å². The summed E-state index contributed by atoms with van der Waals surface area (Å²) in [6.45, 7) is 1.00. The zero-order chi connectivity index (χ0) is 10.6. The summed E-state index contributed by atoms with van der Waals surface area (Å²) in [6.07, 6.45) is 0. The molecule has 0 spiro atoms. The maximum atomic E-state index is 8.66. The van der Waals surface area contributed by atoms with Crippen molar-refractivity contribution in [2.45, 2.75) is 6.04 Å². The summed E-state index contributed by atoms with van der Waals surface area (Å²) in [5.41, 5.74) is 5.57. The van der Waals surface area contributed by atoms with E-state index in [0.29, 0.717) is 17.8 Å². The largest absolute Gasteiger partial charge is 0.451 e. The highest BCUT2D eigenvalue weighted by Gasteiger charge is 2.15. The van der Waals surface area contributed by atoms with Crippen molar-refractivity contribution >= 4 is 31.9 Å². The number of halogens is 2. The highest BCUT2D eigenvalue weighted by molar-refractivity contribution is 9.13. The van der Waals surface area contributed by atoms with Crippen molar-refractivity contribution in [1.29, 1.82) is 0 Å². The lowest BCUT2D eigenvalue weighted by Gasteiger charge is -2.12. The maximum Gasteiger partial charge on any atom is 0.183 e. The minimum absolute atomic E-state index is 0.0650. The first-order valence-electron chi connectivity index (χ1n) is 4.18. The second-order valence-corrected chi connectivity index (χ2v) is 4.31. The summed E-state index contributed by atoms with van der Waals surface area (Å²) < 4.78 is 6.92. The Kier molecular flexibility index (Phi) is 5.11. The molecule has 0 fully saturated rings. The van der Waals surface area contributed by atoms with Gasteiger partial charge in [-0.15, -0.1) is 0 Å². The summed E-state index contributed by atoms with van der Waals surface area (Å²) >= 11 is 6.57. The van der Waals surface area contributed by atoms with Gasteiger partial charge >= 0.3 is 0 Å². The number of furan rings is 1. The molecule has 1 aromatic heterocycles. The van der Waals surface area contributed by atoms with E-state index in [0.717, 1.165) is 10.2 Å². The third kappa shape index (κ3) is 3.06. The first-order valence-corrected chi connectivity index (χ1v) is 5.76. The van der Waals surface area contributed by atoms with Gasteiger partial charge in [-0.05, 0) is 37.9 Å². The van der Waals surface area contributed by atoms with Gasteiger partial charge in [0, 0.05) is 13.1 Å². The Hall–Kier alpha value is 0.120. The van der Waals surface area contributed by atoms with E-state index in [-0.39, 0.29) is 12.6 Å². The number of nitrogens with two attached hydrogens (primary N) is 1. The van der Waals surface area contributed by atoms with E-state index in [1.54, 1.807) is 0 Å². The van der Waals surface area contributed by atoms with Crippen LogP contribution in [0.15, 0.2) is 19.6 Å². The molecule has 0 aliphatic rings. The Bertz CT molecular complexity index is 271. The quantitative estimate of drug-likeness (QED) is 0.764. The summed E-state index contributed by atoms with van der Waals surface area (Å²) in [5.74, 6) is 0.750. The van der Waals surface area contributed by atoms with Gasteiger partial charge in [0.15, 0.2) is 4.67 Å². The van der Waals surface area contributed by atoms with Crippen LogP contribution < -0.4 is 11.1 Å². The molecule has 0 radical (unpaired) electrons. The molecule has 0 saturated carbocycles. The number of aliphatic hydroxyl groups is 1. The van der Waals surface area contributed by atoms with E-state index in [2.05, 4.69) is 37.2 Å². The average molecular weight is 328 g/mol. The van der Waals surface area contributed by atoms with Crippen molar-refractivity contribution < 1.29 is 9.52 Å². The van der Waals surface area contributed by atoms with Crippen LogP contribution in [0, 0.1) is 0 Å². The van der Waals surface area contributed by atoms with E-state index < -0.39 is 0 Å². The first-order chi connectivity index (χ1) is 6.69. The highest BCUT2D eigenvalue weighted by Crippen LogP contribution is 2.29. The molecule has 1 rings (SSSR count). The van der Waals surface area contributed by atoms with Gasteiger partial charge < -0.3 is 20.6 Å². The molecule has 0 aliphatic heterocycles. The predicted octanol–water partition coefficient (Wildman–Crippen LogP) is 1.39. The molecule has 0 bridgehead atoms. The lowest BCUT2D eigenvalue weighted by atomic mass is 10.2. The van der Waals surface area contributed by atoms with Crippen LogP contribution in [0.1, 0.15) is 11.8 Å². The zero-order valence-electron chi connectivity index (χ0n) is 7.46. The van der Waals surface area contributed by atoms with Crippen molar-refractivity contribution in [3.63, 3.8) is 0 Å². The summed E-state index contributed by atoms with van der Waals surface area (Å²) in [5, 5.41) is 11.7. The molecule has 0 saturated heterocycles. The molecule has 0 aromatic carbocycles. The predicted molar refractivity (Wildman–Crippen MR) is 61.0 cm³/mol. The zero-order valence-corrected chi connectivity index (χ0v) is 10.6. The van der Waals surface area contributed by atoms with Crippen molar-refractivity contribution in [2.75, 3.05) is 19.7 Å². The first kappa shape index (κ1) is 12.2. The fraction of sp³-hybridized carbons (Fsp3) is 0.500. The average Bonchev–Trinajstić information content (AvgIpc) is 2.48. The van der Waals surface area contributed by atoms with Crippen LogP contribution in [0.25, 0.3) is 0 Å². The lowest BCUT2D eigenvalue weighted by Crippen LogP contribution is -2.29. The van der Waals surface area contributed by atoms with Crippen LogP contribution in [0.5, 0.6) is 0 Å². The molecule has 0 aliphatic carbocycles. The number of hydrogen-bond donors (Lipinski definition) is 3. The molecule has 1 atom stereocenters. The van der Waals surface area contributed by atoms with E-state index in [1.807, 2.05) is 6.07 Å². The summed E-state index contributed by atoms with van der Waals surface area (Å²) in [7, 11) is 0. The number of hydrogen-bond acceptors (Lipinski definition) is 4. The minimum atomic E-state index is -0.0650. The second kappa shape index (κ2) is 5.87. The van der Waals surface area contributed by atoms with E-state index >= 15 is 0 Å². The Morgan fingerprint density at radius 3 is 2.71 bits per heavy atom. The molecule has 4 N–H and O–H groups in total. The lowest BCUT2D eigenvalue weighted by molar-refractivity contribution is 0.279. The van der Waals surface area contributed by atoms with Gasteiger partial charge in [0.05, 0.1) is 17.1 Å². The third-order valence-electron chi connectivity index (χ3n) is 1.75. The minimum Gasteiger partial charge on any atom is -0.451 e. The molecule has 80 valence electrons. The maximum absolute atomic E-state index is 8.66. The van der Waals surface area contributed by atoms with Crippen LogP contribution >= 0.6 is 31.9 Å². The third-order valence-corrected chi connectivity index (χ3v) is 3.46. The molecule has 1 unspecified atom stereocenters. The van der Waals surface area contributed by atoms with Gasteiger partial charge in [-0.1, -0.05) is 0 Å². The monoisotopic (exact) mass is 326 g/mol. The smallest absolute Gasteiger partial charge is 0.183 e. The van der Waals surface area contributed by atoms with Crippen molar-refractivity contribution in [2.24, 2.45) is 5.73 Å². The van der Waals surface area contributed by atoms with Gasteiger partial charge in [-0.3, -0.25) is 0 Å². The van der Waals surface area contributed by atoms with Gasteiger partial charge in [0.1, 0.15) is 5.76 Å². The molecule has 4 nitrogen and oxygen atoms in total. The van der Waals surface area contributed by atoms with E-state index in [9.17, 15) is 0 Å². The van der Waals surface area contributed by atoms with E-state index in [4.69, 9.17) is 15.3 Å². The van der Waals surface area contributed by atoms with Gasteiger partial charge in [-0.25, -0.2) is 0 Å². The molecular weight excluding hydrogens is 316 g/mol. The van der Waals surface area contributed by atoms with Crippen molar-refractivity contribution in [3.05, 3.63) is 21.0 Å². The fourth-order valence-electron chi connectivity index (χ4n) is 1.07. The molecule has 1 aromatic rings. The normalized spacial score (nSPS) is 13.1. The molecule has 1 heterocycles. The standard InChI is InChI=1S/C8H12Br2N2O2/c9-5-3-7(14-8(5)10)6(4-11)12-1-2-13/h3,6,12-13H,1-2,4,11H2. The van der Waals surface area contributed by atoms with Crippen LogP contribution in [-0.2, 0) is 0 Å². The highest BCUT2D eigenvalue weighted by atomic mass is 79.9. The molecule has 14 heavy (non-hydrogen) atoms. The number of nitrogens with one attached hydrogen (secondary N) is 1. The second-order valence-electron chi connectivity index (χ2n) is 2.74. The Morgan fingerprint density at radius 1 is 1.57 bits per heavy atom. The van der Waals surface area contributed by atoms with Crippen LogP contribution in [0.4, 0.5) is 0 Å². The Balaban J connectivity index is 2.68. The van der Waals surface area contributed by atoms with E-state index in [1.165, 1.54) is 0 Å². The van der Waals surface area contributed by atoms with Crippen LogP contribution in [0.3, 0.4) is 0 Å². The van der Waals surface area contributed by atoms with Gasteiger partial charge in [-0.2, -0.15) is 0 Å². The Labute approximate surface area is 99.1 Å². The Morgan fingerprint density at radius 2 is 2.29 bits per heavy atom. The summed E-state index contributed by atoms with van der Waals surface area (Å²) in [6, 6.07) is 1.79. The van der Waals surface area contributed by atoms with Crippen LogP contribution in [-0.4, -0.2) is 24.8 Å². The topological polar surface area (TPSA) is 71.4 Å². The molecular formula is C8H12Br2N2O2. The van der Waals surface area contributed by atoms with Gasteiger partial charge in [0.25, 0.3) is 0 Å². The summed E-state index contributed by atoms with van der Waals surface area (Å²) in [4.78, 5) is 0. The SMILES string of the molecule is NCC(NCCO)c1cc(Br)c(Br)o1. The number of aliphatic hydroxyl groups excluding tert-OH is 1. The van der Waals surface area contributed by atoms with Crippen molar-refractivity contribution in [1.82, 2.24) is 5.32 Å². The van der Waals surface area contributed by atoms with Crippen molar-refractivity contribution in [3.8, 4) is 0 Å². The molecule has 0 amide bonds. The number of rotatable bonds is 5. The fourth-order valence-corrected chi connectivity index (χ4v) is 1.68.